The van der Waals surface area contributed by atoms with Crippen LogP contribution in [0.15, 0.2) is 52.1 Å². The van der Waals surface area contributed by atoms with E-state index < -0.39 is 0 Å². The van der Waals surface area contributed by atoms with Crippen LogP contribution in [0, 0.1) is 13.8 Å². The molecule has 0 saturated heterocycles. The van der Waals surface area contributed by atoms with E-state index in [1.807, 2.05) is 28.8 Å². The van der Waals surface area contributed by atoms with Crippen LogP contribution in [0.3, 0.4) is 0 Å². The molecule has 0 saturated carbocycles. The highest BCUT2D eigenvalue weighted by Gasteiger charge is 2.13. The third kappa shape index (κ3) is 5.83. The van der Waals surface area contributed by atoms with E-state index in [0.29, 0.717) is 6.54 Å². The minimum absolute atomic E-state index is 0.0714. The number of aryl methyl sites for hydroxylation is 2. The van der Waals surface area contributed by atoms with Gasteiger partial charge >= 0.3 is 0 Å². The Bertz CT molecular complexity index is 987. The second-order valence-electron chi connectivity index (χ2n) is 6.66. The first-order chi connectivity index (χ1) is 14.0. The first kappa shape index (κ1) is 21.4. The van der Waals surface area contributed by atoms with Gasteiger partial charge in [-0.15, -0.1) is 10.2 Å². The maximum atomic E-state index is 12.2. The number of carbonyl (C=O) groups excluding carboxylic acids is 1. The van der Waals surface area contributed by atoms with Crippen molar-refractivity contribution in [3.05, 3.63) is 63.9 Å². The van der Waals surface area contributed by atoms with E-state index >= 15 is 0 Å². The van der Waals surface area contributed by atoms with Crippen LogP contribution in [0.4, 0.5) is 11.4 Å². The van der Waals surface area contributed by atoms with Gasteiger partial charge in [0.05, 0.1) is 12.3 Å². The van der Waals surface area contributed by atoms with E-state index in [2.05, 4.69) is 75.7 Å². The quantitative estimate of drug-likeness (QED) is 0.449. The highest BCUT2D eigenvalue weighted by Crippen LogP contribution is 2.21. The molecule has 0 fully saturated rings. The standard InChI is InChI=1S/C21H24BrN5OS/c1-4-27-19(12-23-18-10-5-14(2)11-15(18)3)25-26-21(27)29-13-20(28)24-17-8-6-16(22)7-9-17/h5-11,23H,4,12-13H2,1-3H3,(H,24,28). The zero-order valence-electron chi connectivity index (χ0n) is 16.7. The zero-order valence-corrected chi connectivity index (χ0v) is 19.1. The lowest BCUT2D eigenvalue weighted by Crippen LogP contribution is -2.15. The van der Waals surface area contributed by atoms with Crippen molar-refractivity contribution in [1.82, 2.24) is 14.8 Å². The average Bonchev–Trinajstić information content (AvgIpc) is 3.09. The molecule has 0 spiro atoms. The SMILES string of the molecule is CCn1c(CNc2ccc(C)cc2C)nnc1SCC(=O)Nc1ccc(Br)cc1. The Morgan fingerprint density at radius 1 is 1.14 bits per heavy atom. The molecule has 2 aromatic carbocycles. The summed E-state index contributed by atoms with van der Waals surface area (Å²) in [6.45, 7) is 7.55. The van der Waals surface area contributed by atoms with Gasteiger partial charge in [0.15, 0.2) is 11.0 Å². The van der Waals surface area contributed by atoms with Crippen molar-refractivity contribution in [2.75, 3.05) is 16.4 Å². The van der Waals surface area contributed by atoms with Gasteiger partial charge in [-0.3, -0.25) is 4.79 Å². The van der Waals surface area contributed by atoms with Gasteiger partial charge in [0.1, 0.15) is 0 Å². The van der Waals surface area contributed by atoms with Crippen molar-refractivity contribution in [1.29, 1.82) is 0 Å². The number of hydrogen-bond donors (Lipinski definition) is 2. The molecular weight excluding hydrogens is 450 g/mol. The summed E-state index contributed by atoms with van der Waals surface area (Å²) in [7, 11) is 0. The Balaban J connectivity index is 1.58. The summed E-state index contributed by atoms with van der Waals surface area (Å²) < 4.78 is 3.01. The highest BCUT2D eigenvalue weighted by molar-refractivity contribution is 9.10. The van der Waals surface area contributed by atoms with E-state index in [0.717, 1.165) is 33.4 Å². The van der Waals surface area contributed by atoms with Crippen LogP contribution in [0.25, 0.3) is 0 Å². The van der Waals surface area contributed by atoms with E-state index in [4.69, 9.17) is 0 Å². The monoisotopic (exact) mass is 473 g/mol. The van der Waals surface area contributed by atoms with Crippen LogP contribution in [-0.2, 0) is 17.9 Å². The summed E-state index contributed by atoms with van der Waals surface area (Å²) in [6, 6.07) is 13.8. The van der Waals surface area contributed by atoms with Crippen molar-refractivity contribution in [2.24, 2.45) is 0 Å². The van der Waals surface area contributed by atoms with Crippen molar-refractivity contribution in [2.45, 2.75) is 39.0 Å². The topological polar surface area (TPSA) is 71.8 Å². The summed E-state index contributed by atoms with van der Waals surface area (Å²) in [4.78, 5) is 12.2. The summed E-state index contributed by atoms with van der Waals surface area (Å²) in [5, 5.41) is 15.7. The van der Waals surface area contributed by atoms with Crippen LogP contribution in [0.5, 0.6) is 0 Å². The van der Waals surface area contributed by atoms with Gasteiger partial charge in [0.25, 0.3) is 0 Å². The fraction of sp³-hybridized carbons (Fsp3) is 0.286. The summed E-state index contributed by atoms with van der Waals surface area (Å²) >= 11 is 4.78. The second-order valence-corrected chi connectivity index (χ2v) is 8.52. The molecule has 2 N–H and O–H groups in total. The fourth-order valence-corrected chi connectivity index (χ4v) is 4.01. The van der Waals surface area contributed by atoms with Gasteiger partial charge in [-0.2, -0.15) is 0 Å². The normalized spacial score (nSPS) is 10.8. The number of halogens is 1. The van der Waals surface area contributed by atoms with E-state index in [1.54, 1.807) is 0 Å². The summed E-state index contributed by atoms with van der Waals surface area (Å²) in [5.41, 5.74) is 4.30. The molecule has 0 aliphatic rings. The van der Waals surface area contributed by atoms with Gasteiger partial charge in [-0.05, 0) is 56.7 Å². The van der Waals surface area contributed by atoms with E-state index in [9.17, 15) is 4.79 Å². The molecule has 1 amide bonds. The number of rotatable bonds is 8. The van der Waals surface area contributed by atoms with Gasteiger partial charge in [-0.25, -0.2) is 0 Å². The largest absolute Gasteiger partial charge is 0.378 e. The molecule has 0 aliphatic carbocycles. The van der Waals surface area contributed by atoms with Crippen LogP contribution >= 0.6 is 27.7 Å². The molecule has 1 aromatic heterocycles. The van der Waals surface area contributed by atoms with Crippen molar-refractivity contribution < 1.29 is 4.79 Å². The third-order valence-electron chi connectivity index (χ3n) is 4.39. The molecule has 3 rings (SSSR count). The highest BCUT2D eigenvalue weighted by atomic mass is 79.9. The minimum atomic E-state index is -0.0714. The number of benzene rings is 2. The third-order valence-corrected chi connectivity index (χ3v) is 5.88. The van der Waals surface area contributed by atoms with Crippen molar-refractivity contribution >= 4 is 45.0 Å². The van der Waals surface area contributed by atoms with Gasteiger partial charge < -0.3 is 15.2 Å². The number of aromatic nitrogens is 3. The van der Waals surface area contributed by atoms with E-state index in [-0.39, 0.29) is 11.7 Å². The van der Waals surface area contributed by atoms with Gasteiger partial charge in [0.2, 0.25) is 5.91 Å². The Morgan fingerprint density at radius 2 is 1.90 bits per heavy atom. The molecule has 0 atom stereocenters. The van der Waals surface area contributed by atoms with Crippen LogP contribution in [-0.4, -0.2) is 26.4 Å². The molecule has 152 valence electrons. The number of hydrogen-bond acceptors (Lipinski definition) is 5. The number of carbonyl (C=O) groups is 1. The number of nitrogens with one attached hydrogen (secondary N) is 2. The maximum Gasteiger partial charge on any atom is 0.234 e. The summed E-state index contributed by atoms with van der Waals surface area (Å²) in [5.74, 6) is 1.06. The predicted octanol–water partition coefficient (Wildman–Crippen LogP) is 5.02. The zero-order chi connectivity index (χ0) is 20.8. The van der Waals surface area contributed by atoms with Crippen molar-refractivity contribution in [3.63, 3.8) is 0 Å². The van der Waals surface area contributed by atoms with Crippen molar-refractivity contribution in [3.8, 4) is 0 Å². The second kappa shape index (κ2) is 9.93. The molecule has 1 heterocycles. The molecule has 0 bridgehead atoms. The van der Waals surface area contributed by atoms with Gasteiger partial charge in [0, 0.05) is 22.4 Å². The molecular formula is C21H24BrN5OS. The summed E-state index contributed by atoms with van der Waals surface area (Å²) in [6.07, 6.45) is 0. The molecule has 3 aromatic rings. The Labute approximate surface area is 183 Å². The number of amides is 1. The van der Waals surface area contributed by atoms with Crippen LogP contribution in [0.1, 0.15) is 23.9 Å². The average molecular weight is 474 g/mol. The molecule has 0 radical (unpaired) electrons. The Hall–Kier alpha value is -2.32. The maximum absolute atomic E-state index is 12.2. The molecule has 6 nitrogen and oxygen atoms in total. The minimum Gasteiger partial charge on any atom is -0.378 e. The van der Waals surface area contributed by atoms with Crippen LogP contribution in [0.2, 0.25) is 0 Å². The van der Waals surface area contributed by atoms with E-state index in [1.165, 1.54) is 22.9 Å². The Morgan fingerprint density at radius 3 is 2.59 bits per heavy atom. The molecule has 29 heavy (non-hydrogen) atoms. The lowest BCUT2D eigenvalue weighted by Gasteiger charge is -2.11. The lowest BCUT2D eigenvalue weighted by molar-refractivity contribution is -0.113. The first-order valence-electron chi connectivity index (χ1n) is 9.37. The molecule has 0 unspecified atom stereocenters. The molecule has 0 aliphatic heterocycles. The lowest BCUT2D eigenvalue weighted by atomic mass is 10.1. The Kier molecular flexibility index (Phi) is 7.33. The predicted molar refractivity (Wildman–Crippen MR) is 122 cm³/mol. The smallest absolute Gasteiger partial charge is 0.234 e. The fourth-order valence-electron chi connectivity index (χ4n) is 2.92. The number of anilines is 2. The van der Waals surface area contributed by atoms with Crippen LogP contribution < -0.4 is 10.6 Å². The van der Waals surface area contributed by atoms with Gasteiger partial charge in [-0.1, -0.05) is 45.4 Å². The molecule has 8 heteroatoms. The number of nitrogens with zero attached hydrogens (tertiary/aromatic N) is 3. The first-order valence-corrected chi connectivity index (χ1v) is 11.2. The number of thioether (sulfide) groups is 1.